The smallest absolute Gasteiger partial charge is 0.161 e. The number of hydrogen-bond acceptors (Lipinski definition) is 4. The molecule has 0 saturated carbocycles. The molecule has 142 valence electrons. The SMILES string of the molecule is COc1cc(CNCc2cccnc2)ccc1OCc1cccc(Cl)c1.Cl. The number of nitrogens with zero attached hydrogens (tertiary/aromatic N) is 1. The Labute approximate surface area is 170 Å². The van der Waals surface area contributed by atoms with E-state index in [0.717, 1.165) is 29.8 Å². The number of nitrogens with one attached hydrogen (secondary N) is 1. The average Bonchev–Trinajstić information content (AvgIpc) is 2.67. The molecule has 0 aliphatic carbocycles. The highest BCUT2D eigenvalue weighted by Gasteiger charge is 2.07. The number of hydrogen-bond donors (Lipinski definition) is 1. The summed E-state index contributed by atoms with van der Waals surface area (Å²) in [6.45, 7) is 1.94. The lowest BCUT2D eigenvalue weighted by molar-refractivity contribution is 0.284. The van der Waals surface area contributed by atoms with Gasteiger partial charge in [0.1, 0.15) is 6.61 Å². The van der Waals surface area contributed by atoms with Crippen molar-refractivity contribution in [3.63, 3.8) is 0 Å². The maximum Gasteiger partial charge on any atom is 0.161 e. The highest BCUT2D eigenvalue weighted by molar-refractivity contribution is 6.30. The van der Waals surface area contributed by atoms with E-state index < -0.39 is 0 Å². The number of methoxy groups -OCH3 is 1. The second kappa shape index (κ2) is 10.8. The van der Waals surface area contributed by atoms with E-state index in [1.54, 1.807) is 13.3 Å². The quantitative estimate of drug-likeness (QED) is 0.571. The Morgan fingerprint density at radius 2 is 1.74 bits per heavy atom. The minimum atomic E-state index is 0. The summed E-state index contributed by atoms with van der Waals surface area (Å²) in [6.07, 6.45) is 3.64. The highest BCUT2D eigenvalue weighted by atomic mass is 35.5. The Bertz CT molecular complexity index is 845. The van der Waals surface area contributed by atoms with Gasteiger partial charge in [0.25, 0.3) is 0 Å². The van der Waals surface area contributed by atoms with Crippen LogP contribution < -0.4 is 14.8 Å². The minimum Gasteiger partial charge on any atom is -0.493 e. The van der Waals surface area contributed by atoms with Crippen molar-refractivity contribution in [3.8, 4) is 11.5 Å². The zero-order valence-corrected chi connectivity index (χ0v) is 16.6. The van der Waals surface area contributed by atoms with Gasteiger partial charge in [0.2, 0.25) is 0 Å². The molecule has 0 amide bonds. The van der Waals surface area contributed by atoms with E-state index >= 15 is 0 Å². The molecule has 0 radical (unpaired) electrons. The Hall–Kier alpha value is -2.27. The Kier molecular flexibility index (Phi) is 8.40. The molecule has 4 nitrogen and oxygen atoms in total. The molecule has 0 aliphatic rings. The third-order valence-electron chi connectivity index (χ3n) is 3.89. The monoisotopic (exact) mass is 404 g/mol. The first-order chi connectivity index (χ1) is 12.7. The molecule has 0 saturated heterocycles. The zero-order chi connectivity index (χ0) is 18.2. The Morgan fingerprint density at radius 3 is 2.48 bits per heavy atom. The molecule has 0 fully saturated rings. The van der Waals surface area contributed by atoms with Crippen molar-refractivity contribution < 1.29 is 9.47 Å². The molecule has 2 aromatic carbocycles. The number of rotatable bonds is 8. The molecule has 3 rings (SSSR count). The topological polar surface area (TPSA) is 43.4 Å². The van der Waals surface area contributed by atoms with Crippen LogP contribution in [-0.2, 0) is 19.7 Å². The largest absolute Gasteiger partial charge is 0.493 e. The van der Waals surface area contributed by atoms with Crippen LogP contribution in [0, 0.1) is 0 Å². The Balaban J connectivity index is 0.00000261. The number of halogens is 2. The van der Waals surface area contributed by atoms with Gasteiger partial charge in [-0.1, -0.05) is 35.9 Å². The van der Waals surface area contributed by atoms with Crippen molar-refractivity contribution >= 4 is 24.0 Å². The Morgan fingerprint density at radius 1 is 0.926 bits per heavy atom. The second-order valence-electron chi connectivity index (χ2n) is 5.87. The summed E-state index contributed by atoms with van der Waals surface area (Å²) in [5.74, 6) is 1.43. The van der Waals surface area contributed by atoms with Gasteiger partial charge in [-0.3, -0.25) is 4.98 Å². The van der Waals surface area contributed by atoms with Crippen LogP contribution in [0.1, 0.15) is 16.7 Å². The van der Waals surface area contributed by atoms with Gasteiger partial charge in [0.15, 0.2) is 11.5 Å². The first kappa shape index (κ1) is 21.0. The van der Waals surface area contributed by atoms with E-state index in [0.29, 0.717) is 23.1 Å². The molecule has 0 aliphatic heterocycles. The van der Waals surface area contributed by atoms with Gasteiger partial charge in [-0.15, -0.1) is 12.4 Å². The fraction of sp³-hybridized carbons (Fsp3) is 0.190. The summed E-state index contributed by atoms with van der Waals surface area (Å²) >= 11 is 6.01. The fourth-order valence-corrected chi connectivity index (χ4v) is 2.80. The molecule has 1 N–H and O–H groups in total. The summed E-state index contributed by atoms with van der Waals surface area (Å²) in [5, 5.41) is 4.10. The molecule has 1 heterocycles. The van der Waals surface area contributed by atoms with Crippen LogP contribution in [0.25, 0.3) is 0 Å². The van der Waals surface area contributed by atoms with Crippen molar-refractivity contribution in [1.29, 1.82) is 0 Å². The number of benzene rings is 2. The summed E-state index contributed by atoms with van der Waals surface area (Å²) < 4.78 is 11.4. The summed E-state index contributed by atoms with van der Waals surface area (Å²) in [6, 6.07) is 17.6. The molecule has 0 bridgehead atoms. The van der Waals surface area contributed by atoms with E-state index in [2.05, 4.69) is 10.3 Å². The highest BCUT2D eigenvalue weighted by Crippen LogP contribution is 2.29. The van der Waals surface area contributed by atoms with Crippen molar-refractivity contribution in [1.82, 2.24) is 10.3 Å². The van der Waals surface area contributed by atoms with E-state index in [1.165, 1.54) is 0 Å². The maximum absolute atomic E-state index is 6.01. The van der Waals surface area contributed by atoms with E-state index in [4.69, 9.17) is 21.1 Å². The van der Waals surface area contributed by atoms with Gasteiger partial charge in [-0.05, 0) is 47.0 Å². The predicted molar refractivity (Wildman–Crippen MR) is 111 cm³/mol. The number of pyridine rings is 1. The van der Waals surface area contributed by atoms with Gasteiger partial charge in [-0.2, -0.15) is 0 Å². The molecule has 0 spiro atoms. The lowest BCUT2D eigenvalue weighted by Gasteiger charge is -2.13. The molecule has 6 heteroatoms. The summed E-state index contributed by atoms with van der Waals surface area (Å²) in [7, 11) is 1.65. The van der Waals surface area contributed by atoms with Crippen LogP contribution in [0.2, 0.25) is 5.02 Å². The van der Waals surface area contributed by atoms with Crippen molar-refractivity contribution in [2.24, 2.45) is 0 Å². The van der Waals surface area contributed by atoms with Crippen LogP contribution in [0.5, 0.6) is 11.5 Å². The molecular weight excluding hydrogens is 383 g/mol. The van der Waals surface area contributed by atoms with Gasteiger partial charge in [-0.25, -0.2) is 0 Å². The molecule has 0 atom stereocenters. The van der Waals surface area contributed by atoms with Crippen molar-refractivity contribution in [2.75, 3.05) is 7.11 Å². The summed E-state index contributed by atoms with van der Waals surface area (Å²) in [5.41, 5.74) is 3.29. The zero-order valence-electron chi connectivity index (χ0n) is 15.0. The van der Waals surface area contributed by atoms with Gasteiger partial charge < -0.3 is 14.8 Å². The maximum atomic E-state index is 6.01. The summed E-state index contributed by atoms with van der Waals surface area (Å²) in [4.78, 5) is 4.12. The standard InChI is InChI=1S/C21H21ClN2O2.ClH/c1-25-21-11-16(12-24-14-18-5-3-9-23-13-18)7-8-20(21)26-15-17-4-2-6-19(22)10-17;/h2-11,13,24H,12,14-15H2,1H3;1H. The third kappa shape index (κ3) is 6.43. The average molecular weight is 405 g/mol. The predicted octanol–water partition coefficient (Wildman–Crippen LogP) is 5.03. The fourth-order valence-electron chi connectivity index (χ4n) is 2.58. The van der Waals surface area contributed by atoms with Crippen LogP contribution in [0.4, 0.5) is 0 Å². The second-order valence-corrected chi connectivity index (χ2v) is 6.31. The molecular formula is C21H22Cl2N2O2. The van der Waals surface area contributed by atoms with E-state index in [-0.39, 0.29) is 12.4 Å². The molecule has 27 heavy (non-hydrogen) atoms. The minimum absolute atomic E-state index is 0. The first-order valence-electron chi connectivity index (χ1n) is 8.38. The van der Waals surface area contributed by atoms with Crippen molar-refractivity contribution in [2.45, 2.75) is 19.7 Å². The van der Waals surface area contributed by atoms with Crippen LogP contribution in [-0.4, -0.2) is 12.1 Å². The van der Waals surface area contributed by atoms with Crippen LogP contribution in [0.3, 0.4) is 0 Å². The van der Waals surface area contributed by atoms with E-state index in [9.17, 15) is 0 Å². The number of aromatic nitrogens is 1. The van der Waals surface area contributed by atoms with Crippen LogP contribution in [0.15, 0.2) is 67.0 Å². The number of ether oxygens (including phenoxy) is 2. The lowest BCUT2D eigenvalue weighted by Crippen LogP contribution is -2.12. The normalized spacial score (nSPS) is 10.1. The lowest BCUT2D eigenvalue weighted by atomic mass is 10.2. The van der Waals surface area contributed by atoms with Gasteiger partial charge in [0.05, 0.1) is 7.11 Å². The molecule has 1 aromatic heterocycles. The van der Waals surface area contributed by atoms with Gasteiger partial charge >= 0.3 is 0 Å². The van der Waals surface area contributed by atoms with E-state index in [1.807, 2.05) is 60.8 Å². The van der Waals surface area contributed by atoms with Crippen molar-refractivity contribution in [3.05, 3.63) is 88.7 Å². The first-order valence-corrected chi connectivity index (χ1v) is 8.76. The van der Waals surface area contributed by atoms with Gasteiger partial charge in [0, 0.05) is 30.5 Å². The third-order valence-corrected chi connectivity index (χ3v) is 4.13. The molecule has 3 aromatic rings. The van der Waals surface area contributed by atoms with Crippen LogP contribution >= 0.6 is 24.0 Å². The molecule has 0 unspecified atom stereocenters.